The molecule has 0 amide bonds. The van der Waals surface area contributed by atoms with Crippen molar-refractivity contribution in [2.75, 3.05) is 13.1 Å². The van der Waals surface area contributed by atoms with Crippen LogP contribution in [0, 0.1) is 17.5 Å². The second kappa shape index (κ2) is 6.50. The third-order valence-electron chi connectivity index (χ3n) is 3.78. The molecular formula is C17H16F3NO. The van der Waals surface area contributed by atoms with Gasteiger partial charge in [0.05, 0.1) is 12.7 Å². The molecule has 1 aliphatic rings. The van der Waals surface area contributed by atoms with Gasteiger partial charge in [-0.1, -0.05) is 6.07 Å². The Morgan fingerprint density at radius 2 is 1.73 bits per heavy atom. The summed E-state index contributed by atoms with van der Waals surface area (Å²) in [5.74, 6) is -1.72. The highest BCUT2D eigenvalue weighted by Crippen LogP contribution is 2.28. The molecule has 1 heterocycles. The summed E-state index contributed by atoms with van der Waals surface area (Å²) in [6.45, 7) is 1.85. The number of ether oxygens (including phenoxy) is 1. The molecule has 2 aromatic carbocycles. The third kappa shape index (κ3) is 3.31. The van der Waals surface area contributed by atoms with Gasteiger partial charge in [-0.3, -0.25) is 0 Å². The Morgan fingerprint density at radius 3 is 2.41 bits per heavy atom. The number of nitrogens with one attached hydrogen (secondary N) is 1. The Balaban J connectivity index is 1.89. The smallest absolute Gasteiger partial charge is 0.133 e. The molecule has 1 fully saturated rings. The maximum atomic E-state index is 14.0. The summed E-state index contributed by atoms with van der Waals surface area (Å²) in [5.41, 5.74) is 1.31. The topological polar surface area (TPSA) is 21.3 Å². The van der Waals surface area contributed by atoms with Crippen molar-refractivity contribution in [3.05, 3.63) is 59.4 Å². The lowest BCUT2D eigenvalue weighted by Crippen LogP contribution is -2.16. The summed E-state index contributed by atoms with van der Waals surface area (Å²) in [4.78, 5) is 0. The van der Waals surface area contributed by atoms with E-state index in [1.54, 1.807) is 0 Å². The van der Waals surface area contributed by atoms with Gasteiger partial charge < -0.3 is 10.1 Å². The van der Waals surface area contributed by atoms with Gasteiger partial charge in [0.1, 0.15) is 17.5 Å². The zero-order valence-corrected chi connectivity index (χ0v) is 11.9. The van der Waals surface area contributed by atoms with E-state index >= 15 is 0 Å². The molecule has 0 aromatic heterocycles. The second-order valence-electron chi connectivity index (χ2n) is 5.35. The van der Waals surface area contributed by atoms with Gasteiger partial charge in [0.2, 0.25) is 0 Å². The first-order chi connectivity index (χ1) is 10.6. The molecule has 5 heteroatoms. The number of halogens is 3. The summed E-state index contributed by atoms with van der Waals surface area (Å²) in [7, 11) is 0. The van der Waals surface area contributed by atoms with Gasteiger partial charge in [-0.2, -0.15) is 0 Å². The minimum atomic E-state index is -0.671. The van der Waals surface area contributed by atoms with Crippen molar-refractivity contribution in [3.8, 4) is 11.1 Å². The molecule has 1 atom stereocenters. The van der Waals surface area contributed by atoms with E-state index in [0.717, 1.165) is 25.6 Å². The number of hydrogen-bond acceptors (Lipinski definition) is 2. The predicted octanol–water partition coefficient (Wildman–Crippen LogP) is 3.65. The van der Waals surface area contributed by atoms with Gasteiger partial charge in [-0.25, -0.2) is 13.2 Å². The van der Waals surface area contributed by atoms with Crippen molar-refractivity contribution >= 4 is 0 Å². The molecule has 0 bridgehead atoms. The van der Waals surface area contributed by atoms with Crippen molar-refractivity contribution in [3.63, 3.8) is 0 Å². The van der Waals surface area contributed by atoms with Gasteiger partial charge >= 0.3 is 0 Å². The van der Waals surface area contributed by atoms with Crippen LogP contribution in [0.25, 0.3) is 11.1 Å². The highest BCUT2D eigenvalue weighted by Gasteiger charge is 2.17. The summed E-state index contributed by atoms with van der Waals surface area (Å²) >= 11 is 0. The highest BCUT2D eigenvalue weighted by molar-refractivity contribution is 5.67. The second-order valence-corrected chi connectivity index (χ2v) is 5.35. The van der Waals surface area contributed by atoms with E-state index in [-0.39, 0.29) is 18.3 Å². The van der Waals surface area contributed by atoms with Crippen LogP contribution in [0.3, 0.4) is 0 Å². The minimum absolute atomic E-state index is 0.0779. The average Bonchev–Trinajstić information content (AvgIpc) is 2.99. The fourth-order valence-corrected chi connectivity index (χ4v) is 2.63. The molecule has 2 aromatic rings. The van der Waals surface area contributed by atoms with Crippen LogP contribution in [0.1, 0.15) is 12.0 Å². The van der Waals surface area contributed by atoms with Gasteiger partial charge in [0.25, 0.3) is 0 Å². The Kier molecular flexibility index (Phi) is 4.45. The van der Waals surface area contributed by atoms with E-state index in [0.29, 0.717) is 11.1 Å². The van der Waals surface area contributed by atoms with Gasteiger partial charge in [0.15, 0.2) is 0 Å². The molecule has 0 saturated carbocycles. The summed E-state index contributed by atoms with van der Waals surface area (Å²) in [6.07, 6.45) is 0.976. The lowest BCUT2D eigenvalue weighted by Gasteiger charge is -2.14. The van der Waals surface area contributed by atoms with Gasteiger partial charge in [0, 0.05) is 18.2 Å². The molecule has 0 radical (unpaired) electrons. The molecule has 1 aliphatic heterocycles. The molecule has 22 heavy (non-hydrogen) atoms. The van der Waals surface area contributed by atoms with Crippen LogP contribution in [-0.4, -0.2) is 19.2 Å². The van der Waals surface area contributed by atoms with Crippen molar-refractivity contribution in [2.24, 2.45) is 0 Å². The zero-order valence-electron chi connectivity index (χ0n) is 11.9. The first kappa shape index (κ1) is 15.1. The average molecular weight is 307 g/mol. The minimum Gasteiger partial charge on any atom is -0.372 e. The Labute approximate surface area is 126 Å². The summed E-state index contributed by atoms with van der Waals surface area (Å²) in [6, 6.07) is 7.46. The van der Waals surface area contributed by atoms with Crippen molar-refractivity contribution in [2.45, 2.75) is 19.1 Å². The number of hydrogen-bond donors (Lipinski definition) is 1. The van der Waals surface area contributed by atoms with Crippen LogP contribution in [0.15, 0.2) is 36.4 Å². The molecule has 1 N–H and O–H groups in total. The fraction of sp³-hybridized carbons (Fsp3) is 0.294. The molecule has 0 aliphatic carbocycles. The van der Waals surface area contributed by atoms with E-state index < -0.39 is 17.5 Å². The van der Waals surface area contributed by atoms with Crippen molar-refractivity contribution in [1.82, 2.24) is 5.32 Å². The predicted molar refractivity (Wildman–Crippen MR) is 77.8 cm³/mol. The van der Waals surface area contributed by atoms with Crippen LogP contribution < -0.4 is 5.32 Å². The van der Waals surface area contributed by atoms with Crippen LogP contribution in [0.2, 0.25) is 0 Å². The standard InChI is InChI=1S/C17H16F3NO/c18-12-1-3-15(16-4-2-13(19)8-17(16)20)11(7-12)10-22-14-5-6-21-9-14/h1-4,7-8,14,21H,5-6,9-10H2. The van der Waals surface area contributed by atoms with E-state index in [9.17, 15) is 13.2 Å². The third-order valence-corrected chi connectivity index (χ3v) is 3.78. The van der Waals surface area contributed by atoms with Crippen LogP contribution >= 0.6 is 0 Å². The Hall–Kier alpha value is -1.85. The van der Waals surface area contributed by atoms with Gasteiger partial charge in [-0.05, 0) is 48.4 Å². The zero-order chi connectivity index (χ0) is 15.5. The van der Waals surface area contributed by atoms with E-state index in [2.05, 4.69) is 5.32 Å². The Bertz CT molecular complexity index is 669. The molecule has 1 saturated heterocycles. The maximum Gasteiger partial charge on any atom is 0.133 e. The van der Waals surface area contributed by atoms with E-state index in [1.165, 1.54) is 30.3 Å². The molecule has 1 unspecified atom stereocenters. The largest absolute Gasteiger partial charge is 0.372 e. The number of rotatable bonds is 4. The van der Waals surface area contributed by atoms with Crippen molar-refractivity contribution in [1.29, 1.82) is 0 Å². The SMILES string of the molecule is Fc1ccc(-c2ccc(F)cc2COC2CCNC2)c(F)c1. The van der Waals surface area contributed by atoms with Crippen LogP contribution in [-0.2, 0) is 11.3 Å². The Morgan fingerprint density at radius 1 is 1.00 bits per heavy atom. The van der Waals surface area contributed by atoms with Gasteiger partial charge in [-0.15, -0.1) is 0 Å². The lowest BCUT2D eigenvalue weighted by atomic mass is 9.99. The molecule has 2 nitrogen and oxygen atoms in total. The van der Waals surface area contributed by atoms with Crippen molar-refractivity contribution < 1.29 is 17.9 Å². The quantitative estimate of drug-likeness (QED) is 0.931. The first-order valence-electron chi connectivity index (χ1n) is 7.19. The maximum absolute atomic E-state index is 14.0. The molecule has 0 spiro atoms. The lowest BCUT2D eigenvalue weighted by molar-refractivity contribution is 0.0543. The van der Waals surface area contributed by atoms with Crippen LogP contribution in [0.4, 0.5) is 13.2 Å². The number of benzene rings is 2. The first-order valence-corrected chi connectivity index (χ1v) is 7.19. The molecular weight excluding hydrogens is 291 g/mol. The molecule has 3 rings (SSSR count). The summed E-state index contributed by atoms with van der Waals surface area (Å²) in [5, 5.41) is 3.18. The molecule has 116 valence electrons. The monoisotopic (exact) mass is 307 g/mol. The normalized spacial score (nSPS) is 17.9. The summed E-state index contributed by atoms with van der Waals surface area (Å²) < 4.78 is 46.3. The van der Waals surface area contributed by atoms with E-state index in [1.807, 2.05) is 0 Å². The van der Waals surface area contributed by atoms with E-state index in [4.69, 9.17) is 4.74 Å². The van der Waals surface area contributed by atoms with Crippen LogP contribution in [0.5, 0.6) is 0 Å². The fourth-order valence-electron chi connectivity index (χ4n) is 2.63. The highest BCUT2D eigenvalue weighted by atomic mass is 19.1.